The highest BCUT2D eigenvalue weighted by Gasteiger charge is 2.34. The molecule has 0 spiro atoms. The van der Waals surface area contributed by atoms with Crippen molar-refractivity contribution in [3.8, 4) is 0 Å². The van der Waals surface area contributed by atoms with Gasteiger partial charge in [0, 0.05) is 6.42 Å². The Labute approximate surface area is 134 Å². The van der Waals surface area contributed by atoms with Crippen molar-refractivity contribution in [2.75, 3.05) is 13.2 Å². The number of amides is 1. The fraction of sp³-hybridized carbons (Fsp3) is 0.588. The lowest BCUT2D eigenvalue weighted by atomic mass is 9.98. The quantitative estimate of drug-likeness (QED) is 0.841. The van der Waals surface area contributed by atoms with Gasteiger partial charge in [-0.1, -0.05) is 23.8 Å². The number of hydrogen-bond acceptors (Lipinski definition) is 2. The van der Waals surface area contributed by atoms with Gasteiger partial charge in [-0.25, -0.2) is 0 Å². The van der Waals surface area contributed by atoms with E-state index in [2.05, 4.69) is 0 Å². The van der Waals surface area contributed by atoms with Crippen molar-refractivity contribution in [2.24, 2.45) is 0 Å². The molecule has 0 N–H and O–H groups in total. The van der Waals surface area contributed by atoms with Gasteiger partial charge in [0.2, 0.25) is 5.91 Å². The number of carbonyl (C=O) groups is 1. The third-order valence-electron chi connectivity index (χ3n) is 4.16. The van der Waals surface area contributed by atoms with E-state index < -0.39 is 24.9 Å². The monoisotopic (exact) mass is 329 g/mol. The van der Waals surface area contributed by atoms with Gasteiger partial charge in [0.25, 0.3) is 0 Å². The highest BCUT2D eigenvalue weighted by Crippen LogP contribution is 2.29. The van der Waals surface area contributed by atoms with Crippen molar-refractivity contribution in [1.82, 2.24) is 4.90 Å². The van der Waals surface area contributed by atoms with Crippen molar-refractivity contribution in [2.45, 2.75) is 51.9 Å². The lowest BCUT2D eigenvalue weighted by Gasteiger charge is -2.39. The first kappa shape index (κ1) is 17.8. The molecule has 2 atom stereocenters. The van der Waals surface area contributed by atoms with Crippen LogP contribution in [0.3, 0.4) is 0 Å². The lowest BCUT2D eigenvalue weighted by molar-refractivity contribution is -0.156. The minimum absolute atomic E-state index is 0.211. The summed E-state index contributed by atoms with van der Waals surface area (Å²) in [6, 6.07) is 5.78. The molecule has 1 fully saturated rings. The van der Waals surface area contributed by atoms with Crippen LogP contribution in [0.2, 0.25) is 0 Å². The molecular weight excluding hydrogens is 307 g/mol. The summed E-state index contributed by atoms with van der Waals surface area (Å²) in [4.78, 5) is 13.7. The summed E-state index contributed by atoms with van der Waals surface area (Å²) in [5, 5.41) is 0. The fourth-order valence-electron chi connectivity index (χ4n) is 2.79. The first-order chi connectivity index (χ1) is 10.7. The Kier molecular flexibility index (Phi) is 5.34. The minimum Gasteiger partial charge on any atom is -0.370 e. The minimum atomic E-state index is -4.31. The molecule has 6 heteroatoms. The van der Waals surface area contributed by atoms with Gasteiger partial charge in [0.15, 0.2) is 0 Å². The zero-order chi connectivity index (χ0) is 17.2. The molecule has 1 amide bonds. The van der Waals surface area contributed by atoms with E-state index >= 15 is 0 Å². The predicted octanol–water partition coefficient (Wildman–Crippen LogP) is 3.93. The molecule has 0 aliphatic carbocycles. The highest BCUT2D eigenvalue weighted by atomic mass is 19.4. The van der Waals surface area contributed by atoms with E-state index in [1.54, 1.807) is 6.92 Å². The molecule has 0 saturated carbocycles. The zero-order valence-corrected chi connectivity index (χ0v) is 13.6. The maximum absolute atomic E-state index is 12.3. The van der Waals surface area contributed by atoms with Crippen LogP contribution in [0.4, 0.5) is 13.2 Å². The van der Waals surface area contributed by atoms with Crippen LogP contribution in [0.25, 0.3) is 0 Å². The molecule has 0 radical (unpaired) electrons. The summed E-state index contributed by atoms with van der Waals surface area (Å²) in [5.74, 6) is -0.464. The second-order valence-electron chi connectivity index (χ2n) is 6.19. The first-order valence-corrected chi connectivity index (χ1v) is 7.72. The summed E-state index contributed by atoms with van der Waals surface area (Å²) in [7, 11) is 0. The number of aryl methyl sites for hydroxylation is 2. The molecule has 0 bridgehead atoms. The molecule has 1 aromatic carbocycles. The Morgan fingerprint density at radius 2 is 2.04 bits per heavy atom. The molecule has 0 aromatic heterocycles. The molecule has 1 aliphatic heterocycles. The summed E-state index contributed by atoms with van der Waals surface area (Å²) >= 11 is 0. The van der Waals surface area contributed by atoms with E-state index in [0.717, 1.165) is 16.7 Å². The molecule has 1 saturated heterocycles. The standard InChI is InChI=1S/C17H22F3NO2/c1-11-4-5-12(2)14(8-11)15-9-21(13(3)10-23-15)16(22)6-7-17(18,19)20/h4-5,8,13,15H,6-7,9-10H2,1-3H3/t13-,15-/m0/s1. The number of halogens is 3. The van der Waals surface area contributed by atoms with Gasteiger partial charge in [0.1, 0.15) is 6.10 Å². The summed E-state index contributed by atoms with van der Waals surface area (Å²) in [5.41, 5.74) is 3.13. The fourth-order valence-corrected chi connectivity index (χ4v) is 2.79. The molecule has 0 unspecified atom stereocenters. The molecule has 1 heterocycles. The average Bonchev–Trinajstić information content (AvgIpc) is 2.47. The van der Waals surface area contributed by atoms with E-state index in [4.69, 9.17) is 4.74 Å². The Morgan fingerprint density at radius 1 is 1.35 bits per heavy atom. The van der Waals surface area contributed by atoms with Crippen LogP contribution in [0.5, 0.6) is 0 Å². The lowest BCUT2D eigenvalue weighted by Crippen LogP contribution is -2.48. The topological polar surface area (TPSA) is 29.5 Å². The Hall–Kier alpha value is -1.56. The molecule has 23 heavy (non-hydrogen) atoms. The first-order valence-electron chi connectivity index (χ1n) is 7.72. The SMILES string of the molecule is Cc1ccc(C)c([C@@H]2CN(C(=O)CCC(F)(F)F)[C@@H](C)CO2)c1. The number of morpholine rings is 1. The number of alkyl halides is 3. The van der Waals surface area contributed by atoms with E-state index in [9.17, 15) is 18.0 Å². The van der Waals surface area contributed by atoms with Crippen LogP contribution < -0.4 is 0 Å². The van der Waals surface area contributed by atoms with Gasteiger partial charge < -0.3 is 9.64 Å². The van der Waals surface area contributed by atoms with E-state index in [0.29, 0.717) is 13.2 Å². The molecule has 1 aliphatic rings. The van der Waals surface area contributed by atoms with E-state index in [1.807, 2.05) is 32.0 Å². The number of rotatable bonds is 3. The summed E-state index contributed by atoms with van der Waals surface area (Å²) < 4.78 is 42.8. The van der Waals surface area contributed by atoms with Crippen molar-refractivity contribution in [3.63, 3.8) is 0 Å². The van der Waals surface area contributed by atoms with Crippen molar-refractivity contribution < 1.29 is 22.7 Å². The predicted molar refractivity (Wildman–Crippen MR) is 81.1 cm³/mol. The average molecular weight is 329 g/mol. The van der Waals surface area contributed by atoms with Gasteiger partial charge in [-0.15, -0.1) is 0 Å². The molecule has 1 aromatic rings. The van der Waals surface area contributed by atoms with E-state index in [1.165, 1.54) is 4.90 Å². The van der Waals surface area contributed by atoms with Gasteiger partial charge in [-0.3, -0.25) is 4.79 Å². The summed E-state index contributed by atoms with van der Waals surface area (Å²) in [6.45, 7) is 6.36. The van der Waals surface area contributed by atoms with Crippen LogP contribution >= 0.6 is 0 Å². The Morgan fingerprint density at radius 3 is 2.70 bits per heavy atom. The third kappa shape index (κ3) is 4.70. The molecule has 128 valence electrons. The molecule has 3 nitrogen and oxygen atoms in total. The van der Waals surface area contributed by atoms with Crippen LogP contribution in [0.1, 0.15) is 42.6 Å². The number of hydrogen-bond donors (Lipinski definition) is 0. The molecule has 2 rings (SSSR count). The maximum Gasteiger partial charge on any atom is 0.389 e. The highest BCUT2D eigenvalue weighted by molar-refractivity contribution is 5.76. The normalized spacial score (nSPS) is 22.3. The van der Waals surface area contributed by atoms with Crippen LogP contribution in [0, 0.1) is 13.8 Å². The van der Waals surface area contributed by atoms with Crippen LogP contribution in [-0.4, -0.2) is 36.2 Å². The third-order valence-corrected chi connectivity index (χ3v) is 4.16. The van der Waals surface area contributed by atoms with Crippen molar-refractivity contribution in [1.29, 1.82) is 0 Å². The van der Waals surface area contributed by atoms with E-state index in [-0.39, 0.29) is 12.1 Å². The second-order valence-corrected chi connectivity index (χ2v) is 6.19. The smallest absolute Gasteiger partial charge is 0.370 e. The molecular formula is C17H22F3NO2. The van der Waals surface area contributed by atoms with Gasteiger partial charge in [-0.2, -0.15) is 13.2 Å². The number of nitrogens with zero attached hydrogens (tertiary/aromatic N) is 1. The van der Waals surface area contributed by atoms with Gasteiger partial charge in [-0.05, 0) is 31.9 Å². The summed E-state index contributed by atoms with van der Waals surface area (Å²) in [6.07, 6.45) is -6.18. The maximum atomic E-state index is 12.3. The Balaban J connectivity index is 2.09. The largest absolute Gasteiger partial charge is 0.389 e. The van der Waals surface area contributed by atoms with Gasteiger partial charge in [0.05, 0.1) is 25.6 Å². The van der Waals surface area contributed by atoms with Gasteiger partial charge >= 0.3 is 6.18 Å². The number of benzene rings is 1. The van der Waals surface area contributed by atoms with Crippen molar-refractivity contribution in [3.05, 3.63) is 34.9 Å². The Bertz CT molecular complexity index is 571. The van der Waals surface area contributed by atoms with Crippen LogP contribution in [-0.2, 0) is 9.53 Å². The number of carbonyl (C=O) groups excluding carboxylic acids is 1. The van der Waals surface area contributed by atoms with Crippen molar-refractivity contribution >= 4 is 5.91 Å². The van der Waals surface area contributed by atoms with Crippen LogP contribution in [0.15, 0.2) is 18.2 Å². The number of ether oxygens (including phenoxy) is 1. The zero-order valence-electron chi connectivity index (χ0n) is 13.6. The second kappa shape index (κ2) is 6.91.